The number of piperidine rings is 1. The van der Waals surface area contributed by atoms with Gasteiger partial charge in [-0.25, -0.2) is 0 Å². The molecule has 0 aromatic rings. The summed E-state index contributed by atoms with van der Waals surface area (Å²) < 4.78 is 5.34. The molecule has 10 nitrogen and oxygen atoms in total. The Labute approximate surface area is 316 Å². The smallest absolute Gasteiger partial charge is 0.302 e. The van der Waals surface area contributed by atoms with Gasteiger partial charge in [-0.3, -0.25) is 19.2 Å². The number of hydrogen-bond acceptors (Lipinski definition) is 8. The molecule has 0 spiro atoms. The lowest BCUT2D eigenvalue weighted by molar-refractivity contribution is -0.145. The van der Waals surface area contributed by atoms with Crippen molar-refractivity contribution in [3.8, 4) is 12.3 Å². The van der Waals surface area contributed by atoms with E-state index in [0.29, 0.717) is 30.8 Å². The molecule has 2 aliphatic carbocycles. The molecule has 0 radical (unpaired) electrons. The molecule has 296 valence electrons. The highest BCUT2D eigenvalue weighted by atomic mass is 16.5. The lowest BCUT2D eigenvalue weighted by atomic mass is 9.70. The fraction of sp³-hybridized carbons (Fsp3) is 0.762. The Balaban J connectivity index is 0.00000177. The lowest BCUT2D eigenvalue weighted by Gasteiger charge is -2.44. The van der Waals surface area contributed by atoms with Crippen molar-refractivity contribution in [1.82, 2.24) is 26.2 Å². The molecule has 4 unspecified atom stereocenters. The van der Waals surface area contributed by atoms with Crippen molar-refractivity contribution >= 4 is 23.6 Å². The van der Waals surface area contributed by atoms with Crippen LogP contribution in [0.1, 0.15) is 128 Å². The van der Waals surface area contributed by atoms with Crippen LogP contribution in [0, 0.1) is 40.4 Å². The number of carbonyl (C=O) groups is 4. The molecule has 3 fully saturated rings. The number of likely N-dealkylation sites (tertiary alicyclic amines) is 1. The van der Waals surface area contributed by atoms with Gasteiger partial charge in [-0.2, -0.15) is 0 Å². The molecule has 2 saturated carbocycles. The summed E-state index contributed by atoms with van der Waals surface area (Å²) in [6, 6.07) is -2.13. The van der Waals surface area contributed by atoms with Crippen molar-refractivity contribution in [2.45, 2.75) is 152 Å². The molecule has 1 saturated heterocycles. The summed E-state index contributed by atoms with van der Waals surface area (Å²) in [5.41, 5.74) is -0.391. The number of carbonyl (C=O) groups excluding carboxylic acids is 4. The molecule has 6 atom stereocenters. The van der Waals surface area contributed by atoms with Crippen LogP contribution < -0.4 is 21.3 Å². The molecule has 0 bridgehead atoms. The fourth-order valence-corrected chi connectivity index (χ4v) is 7.36. The van der Waals surface area contributed by atoms with Crippen molar-refractivity contribution in [3.63, 3.8) is 0 Å². The first-order valence-electron chi connectivity index (χ1n) is 19.4. The highest BCUT2D eigenvalue weighted by molar-refractivity contribution is 5.96. The van der Waals surface area contributed by atoms with Crippen LogP contribution in [0.4, 0.5) is 0 Å². The van der Waals surface area contributed by atoms with Crippen LogP contribution in [-0.2, 0) is 23.9 Å². The molecule has 52 heavy (non-hydrogen) atoms. The molecular formula is C42H73N5O5. The molecule has 3 rings (SSSR count). The zero-order valence-corrected chi connectivity index (χ0v) is 34.7. The number of Topliss-reactive ketones (excluding diaryl/α,β-unsaturated/α-hetero) is 1. The number of terminal acetylenes is 1. The summed E-state index contributed by atoms with van der Waals surface area (Å²) in [4.78, 5) is 54.3. The number of amides is 2. The van der Waals surface area contributed by atoms with Crippen molar-refractivity contribution in [2.75, 3.05) is 26.7 Å². The van der Waals surface area contributed by atoms with Crippen LogP contribution in [-0.4, -0.2) is 79.4 Å². The van der Waals surface area contributed by atoms with Crippen molar-refractivity contribution in [3.05, 3.63) is 24.6 Å². The number of fused-ring (bicyclic) bond motifs is 1. The first-order chi connectivity index (χ1) is 24.2. The fourth-order valence-electron chi connectivity index (χ4n) is 7.36. The number of rotatable bonds is 15. The second-order valence-electron chi connectivity index (χ2n) is 16.8. The Morgan fingerprint density at radius 1 is 0.981 bits per heavy atom. The van der Waals surface area contributed by atoms with Gasteiger partial charge in [-0.1, -0.05) is 101 Å². The summed E-state index contributed by atoms with van der Waals surface area (Å²) >= 11 is 0. The third-order valence-corrected chi connectivity index (χ3v) is 11.0. The predicted molar refractivity (Wildman–Crippen MR) is 212 cm³/mol. The van der Waals surface area contributed by atoms with Crippen molar-refractivity contribution in [2.24, 2.45) is 28.1 Å². The topological polar surface area (TPSA) is 129 Å². The minimum atomic E-state index is -0.672. The molecule has 1 heterocycles. The molecule has 4 N–H and O–H groups in total. The van der Waals surface area contributed by atoms with E-state index in [1.165, 1.54) is 20.3 Å². The van der Waals surface area contributed by atoms with Crippen LogP contribution in [0.15, 0.2) is 24.6 Å². The first-order valence-corrected chi connectivity index (χ1v) is 19.4. The van der Waals surface area contributed by atoms with E-state index in [1.54, 1.807) is 4.90 Å². The van der Waals surface area contributed by atoms with Gasteiger partial charge in [0.05, 0.1) is 17.9 Å². The molecule has 2 amide bonds. The molecule has 10 heteroatoms. The predicted octanol–water partition coefficient (Wildman–Crippen LogP) is 6.12. The van der Waals surface area contributed by atoms with E-state index >= 15 is 0 Å². The third kappa shape index (κ3) is 13.0. The molecular weight excluding hydrogens is 654 g/mol. The Morgan fingerprint density at radius 3 is 2.00 bits per heavy atom. The Hall–Kier alpha value is -3.32. The quantitative estimate of drug-likeness (QED) is 0.0903. The summed E-state index contributed by atoms with van der Waals surface area (Å²) in [5, 5.41) is 12.8. The maximum Gasteiger partial charge on any atom is 0.302 e. The SMILES string of the molecule is C#CCCC(NC(=O)C1[C@@H]2[C@H](CN1C(=O)C(NC(=C)NC(COC(C)=O)C(C)(C)C)C1(C)CCCCC1)C2(C)C)C(=C)C(C)=O.CCC.CCNC. The normalized spacial score (nSPS) is 22.5. The number of nitrogens with one attached hydrogen (secondary N) is 4. The summed E-state index contributed by atoms with van der Waals surface area (Å²) in [7, 11) is 1.93. The van der Waals surface area contributed by atoms with Crippen molar-refractivity contribution < 1.29 is 23.9 Å². The monoisotopic (exact) mass is 728 g/mol. The van der Waals surface area contributed by atoms with E-state index in [2.05, 4.69) is 81.9 Å². The highest BCUT2D eigenvalue weighted by Gasteiger charge is 2.70. The first kappa shape index (κ1) is 46.7. The largest absolute Gasteiger partial charge is 0.464 e. The highest BCUT2D eigenvalue weighted by Crippen LogP contribution is 2.65. The maximum absolute atomic E-state index is 14.7. The van der Waals surface area contributed by atoms with Crippen molar-refractivity contribution in [1.29, 1.82) is 0 Å². The standard InChI is InChI=1S/C36H56N4O5.C3H9N.C3H8/c1-12-13-17-27(22(2)23(3)41)39-32(43)30-29-26(35(29,9)10)20-40(30)33(44)31(36(11)18-15-14-16-19-36)38-24(4)37-28(34(6,7)8)21-45-25(5)42;1-3-4-2;1-3-2/h1,26-31,37-38H,2,4,13-21H2,3,5-11H3,(H,39,43);4H,3H2,1-2H3;3H2,1-2H3/t26-,27?,28?,29-,30?,31?;;/m0../s1. The zero-order chi connectivity index (χ0) is 40.0. The molecule has 1 aliphatic heterocycles. The summed E-state index contributed by atoms with van der Waals surface area (Å²) in [6.45, 7) is 31.6. The summed E-state index contributed by atoms with van der Waals surface area (Å²) in [5.74, 6) is 2.31. The van der Waals surface area contributed by atoms with Crippen LogP contribution in [0.3, 0.4) is 0 Å². The van der Waals surface area contributed by atoms with E-state index in [4.69, 9.17) is 11.2 Å². The van der Waals surface area contributed by atoms with E-state index in [0.717, 1.165) is 38.6 Å². The van der Waals surface area contributed by atoms with Crippen LogP contribution >= 0.6 is 0 Å². The van der Waals surface area contributed by atoms with Crippen LogP contribution in [0.25, 0.3) is 0 Å². The lowest BCUT2D eigenvalue weighted by Crippen LogP contribution is -2.61. The van der Waals surface area contributed by atoms with Gasteiger partial charge in [0, 0.05) is 25.5 Å². The Bertz CT molecular complexity index is 1270. The Morgan fingerprint density at radius 2 is 1.54 bits per heavy atom. The number of hydrogen-bond donors (Lipinski definition) is 4. The molecule has 0 aromatic carbocycles. The van der Waals surface area contributed by atoms with Gasteiger partial charge < -0.3 is 30.9 Å². The van der Waals surface area contributed by atoms with E-state index in [-0.39, 0.29) is 64.3 Å². The maximum atomic E-state index is 14.7. The number of ether oxygens (including phenoxy) is 1. The Kier molecular flexibility index (Phi) is 18.7. The number of ketones is 1. The average Bonchev–Trinajstić information content (AvgIpc) is 3.37. The van der Waals surface area contributed by atoms with E-state index < -0.39 is 18.1 Å². The van der Waals surface area contributed by atoms with Crippen LogP contribution in [0.5, 0.6) is 0 Å². The van der Waals surface area contributed by atoms with E-state index in [9.17, 15) is 19.2 Å². The molecule has 0 aromatic heterocycles. The second kappa shape index (κ2) is 20.8. The van der Waals surface area contributed by atoms with Gasteiger partial charge in [0.15, 0.2) is 5.78 Å². The minimum absolute atomic E-state index is 0.00969. The number of esters is 1. The third-order valence-electron chi connectivity index (χ3n) is 11.0. The van der Waals surface area contributed by atoms with Gasteiger partial charge in [0.1, 0.15) is 18.7 Å². The van der Waals surface area contributed by atoms with Crippen LogP contribution in [0.2, 0.25) is 0 Å². The zero-order valence-electron chi connectivity index (χ0n) is 34.7. The second-order valence-corrected chi connectivity index (χ2v) is 16.8. The minimum Gasteiger partial charge on any atom is -0.464 e. The van der Waals surface area contributed by atoms with Gasteiger partial charge >= 0.3 is 5.97 Å². The van der Waals surface area contributed by atoms with Gasteiger partial charge in [-0.15, -0.1) is 12.3 Å². The van der Waals surface area contributed by atoms with Gasteiger partial charge in [0.25, 0.3) is 0 Å². The summed E-state index contributed by atoms with van der Waals surface area (Å²) in [6.07, 6.45) is 12.4. The molecule has 3 aliphatic rings. The van der Waals surface area contributed by atoms with Gasteiger partial charge in [-0.05, 0) is 67.9 Å². The van der Waals surface area contributed by atoms with Gasteiger partial charge in [0.2, 0.25) is 11.8 Å². The number of nitrogens with zero attached hydrogens (tertiary/aromatic N) is 1. The van der Waals surface area contributed by atoms with E-state index in [1.807, 2.05) is 27.8 Å². The average molecular weight is 728 g/mol.